The third-order valence-corrected chi connectivity index (χ3v) is 2.57. The van der Waals surface area contributed by atoms with E-state index in [9.17, 15) is 4.79 Å². The van der Waals surface area contributed by atoms with E-state index in [0.29, 0.717) is 12.5 Å². The Morgan fingerprint density at radius 1 is 1.33 bits per heavy atom. The van der Waals surface area contributed by atoms with Crippen molar-refractivity contribution in [2.75, 3.05) is 18.1 Å². The van der Waals surface area contributed by atoms with Crippen LogP contribution in [0.3, 0.4) is 0 Å². The molecule has 0 bridgehead atoms. The predicted molar refractivity (Wildman–Crippen MR) is 59.2 cm³/mol. The van der Waals surface area contributed by atoms with Gasteiger partial charge in [0.1, 0.15) is 0 Å². The SMILES string of the molecule is C[C@H]1CN(C(N)=O)N(c2ccccc2)C1. The van der Waals surface area contributed by atoms with E-state index >= 15 is 0 Å². The smallest absolute Gasteiger partial charge is 0.333 e. The number of hydrogen-bond donors (Lipinski definition) is 1. The zero-order chi connectivity index (χ0) is 10.8. The van der Waals surface area contributed by atoms with Crippen LogP contribution in [0.25, 0.3) is 0 Å². The van der Waals surface area contributed by atoms with Crippen molar-refractivity contribution in [1.29, 1.82) is 0 Å². The minimum absolute atomic E-state index is 0.386. The Morgan fingerprint density at radius 3 is 2.60 bits per heavy atom. The number of nitrogens with zero attached hydrogens (tertiary/aromatic N) is 2. The van der Waals surface area contributed by atoms with E-state index in [1.54, 1.807) is 5.01 Å². The molecule has 0 radical (unpaired) electrons. The van der Waals surface area contributed by atoms with Crippen LogP contribution < -0.4 is 10.7 Å². The quantitative estimate of drug-likeness (QED) is 0.754. The van der Waals surface area contributed by atoms with Gasteiger partial charge in [0.05, 0.1) is 5.69 Å². The summed E-state index contributed by atoms with van der Waals surface area (Å²) in [6.07, 6.45) is 0. The summed E-state index contributed by atoms with van der Waals surface area (Å²) in [4.78, 5) is 11.2. The number of hydrazine groups is 1. The Morgan fingerprint density at radius 2 is 2.00 bits per heavy atom. The third kappa shape index (κ3) is 1.88. The second kappa shape index (κ2) is 3.81. The summed E-state index contributed by atoms with van der Waals surface area (Å²) in [6.45, 7) is 3.65. The summed E-state index contributed by atoms with van der Waals surface area (Å²) >= 11 is 0. The maximum atomic E-state index is 11.2. The highest BCUT2D eigenvalue weighted by Crippen LogP contribution is 2.23. The number of carbonyl (C=O) groups excluding carboxylic acids is 1. The van der Waals surface area contributed by atoms with Gasteiger partial charge in [-0.3, -0.25) is 5.01 Å². The van der Waals surface area contributed by atoms with Gasteiger partial charge in [-0.25, -0.2) is 9.80 Å². The Kier molecular flexibility index (Phi) is 2.49. The van der Waals surface area contributed by atoms with Crippen LogP contribution in [0.1, 0.15) is 6.92 Å². The minimum atomic E-state index is -0.386. The summed E-state index contributed by atoms with van der Waals surface area (Å²) in [5, 5.41) is 3.53. The van der Waals surface area contributed by atoms with Crippen molar-refractivity contribution in [3.63, 3.8) is 0 Å². The van der Waals surface area contributed by atoms with Crippen LogP contribution in [-0.4, -0.2) is 24.1 Å². The van der Waals surface area contributed by atoms with E-state index in [4.69, 9.17) is 5.73 Å². The molecule has 1 aliphatic rings. The highest BCUT2D eigenvalue weighted by atomic mass is 16.2. The summed E-state index contributed by atoms with van der Waals surface area (Å²) < 4.78 is 0. The lowest BCUT2D eigenvalue weighted by molar-refractivity contribution is 0.212. The second-order valence-corrected chi connectivity index (χ2v) is 3.94. The zero-order valence-electron chi connectivity index (χ0n) is 8.76. The van der Waals surface area contributed by atoms with Gasteiger partial charge in [0.2, 0.25) is 0 Å². The molecule has 1 aliphatic heterocycles. The van der Waals surface area contributed by atoms with Crippen LogP contribution in [0.2, 0.25) is 0 Å². The number of anilines is 1. The number of hydrogen-bond acceptors (Lipinski definition) is 2. The van der Waals surface area contributed by atoms with Crippen LogP contribution in [0.5, 0.6) is 0 Å². The molecule has 1 atom stereocenters. The zero-order valence-corrected chi connectivity index (χ0v) is 8.76. The maximum absolute atomic E-state index is 11.2. The number of para-hydroxylation sites is 1. The number of urea groups is 1. The largest absolute Gasteiger partial charge is 0.350 e. The van der Waals surface area contributed by atoms with Crippen LogP contribution in [0.4, 0.5) is 10.5 Å². The normalized spacial score (nSPS) is 20.7. The van der Waals surface area contributed by atoms with Crippen molar-refractivity contribution in [2.24, 2.45) is 11.7 Å². The summed E-state index contributed by atoms with van der Waals surface area (Å²) in [5.74, 6) is 0.456. The molecule has 1 aromatic carbocycles. The Labute approximate surface area is 89.2 Å². The number of carbonyl (C=O) groups is 1. The van der Waals surface area contributed by atoms with Crippen LogP contribution in [0, 0.1) is 5.92 Å². The highest BCUT2D eigenvalue weighted by Gasteiger charge is 2.29. The molecule has 1 saturated heterocycles. The van der Waals surface area contributed by atoms with E-state index in [1.165, 1.54) is 0 Å². The Bertz CT molecular complexity index is 352. The molecule has 4 heteroatoms. The molecule has 0 spiro atoms. The number of benzene rings is 1. The van der Waals surface area contributed by atoms with Gasteiger partial charge >= 0.3 is 6.03 Å². The first kappa shape index (κ1) is 9.83. The molecule has 0 aliphatic carbocycles. The van der Waals surface area contributed by atoms with E-state index in [1.807, 2.05) is 35.3 Å². The lowest BCUT2D eigenvalue weighted by Crippen LogP contribution is -2.44. The van der Waals surface area contributed by atoms with Crippen molar-refractivity contribution < 1.29 is 4.79 Å². The highest BCUT2D eigenvalue weighted by molar-refractivity contribution is 5.75. The van der Waals surface area contributed by atoms with Gasteiger partial charge < -0.3 is 5.73 Å². The predicted octanol–water partition coefficient (Wildman–Crippen LogP) is 1.44. The van der Waals surface area contributed by atoms with E-state index in [2.05, 4.69) is 6.92 Å². The molecule has 0 unspecified atom stereocenters. The fraction of sp³-hybridized carbons (Fsp3) is 0.364. The Hall–Kier alpha value is -1.71. The summed E-state index contributed by atoms with van der Waals surface area (Å²) in [7, 11) is 0. The fourth-order valence-corrected chi connectivity index (χ4v) is 1.90. The lowest BCUT2D eigenvalue weighted by Gasteiger charge is -2.27. The van der Waals surface area contributed by atoms with Gasteiger partial charge in [-0.2, -0.15) is 0 Å². The molecule has 2 N–H and O–H groups in total. The van der Waals surface area contributed by atoms with Gasteiger partial charge in [0.25, 0.3) is 0 Å². The fourth-order valence-electron chi connectivity index (χ4n) is 1.90. The number of nitrogens with two attached hydrogens (primary N) is 1. The Balaban J connectivity index is 2.24. The molecule has 4 nitrogen and oxygen atoms in total. The van der Waals surface area contributed by atoms with Crippen LogP contribution in [0.15, 0.2) is 30.3 Å². The third-order valence-electron chi connectivity index (χ3n) is 2.57. The monoisotopic (exact) mass is 205 g/mol. The second-order valence-electron chi connectivity index (χ2n) is 3.94. The molecule has 0 aromatic heterocycles. The molecule has 1 fully saturated rings. The maximum Gasteiger partial charge on any atom is 0.333 e. The molecule has 80 valence electrons. The molecule has 2 amide bonds. The molecular formula is C11H15N3O. The topological polar surface area (TPSA) is 49.6 Å². The first-order valence-electron chi connectivity index (χ1n) is 5.08. The van der Waals surface area contributed by atoms with Crippen LogP contribution >= 0.6 is 0 Å². The van der Waals surface area contributed by atoms with Gasteiger partial charge in [-0.05, 0) is 18.1 Å². The van der Waals surface area contributed by atoms with E-state index < -0.39 is 0 Å². The molecule has 2 rings (SSSR count). The van der Waals surface area contributed by atoms with Crippen molar-refractivity contribution >= 4 is 11.7 Å². The number of rotatable bonds is 1. The number of amides is 2. The molecule has 15 heavy (non-hydrogen) atoms. The summed E-state index contributed by atoms with van der Waals surface area (Å²) in [5.41, 5.74) is 6.35. The van der Waals surface area contributed by atoms with Gasteiger partial charge in [0, 0.05) is 13.1 Å². The van der Waals surface area contributed by atoms with Crippen LogP contribution in [-0.2, 0) is 0 Å². The van der Waals surface area contributed by atoms with Crippen molar-refractivity contribution in [2.45, 2.75) is 6.92 Å². The van der Waals surface area contributed by atoms with E-state index in [0.717, 1.165) is 12.2 Å². The van der Waals surface area contributed by atoms with Crippen molar-refractivity contribution in [3.8, 4) is 0 Å². The first-order valence-corrected chi connectivity index (χ1v) is 5.08. The first-order chi connectivity index (χ1) is 7.18. The molecular weight excluding hydrogens is 190 g/mol. The standard InChI is InChI=1S/C11H15N3O/c1-9-7-13(14(8-9)11(12)15)10-5-3-2-4-6-10/h2-6,9H,7-8H2,1H3,(H2,12,15)/t9-/m1/s1. The van der Waals surface area contributed by atoms with E-state index in [-0.39, 0.29) is 6.03 Å². The lowest BCUT2D eigenvalue weighted by atomic mass is 10.2. The van der Waals surface area contributed by atoms with Gasteiger partial charge in [0.15, 0.2) is 0 Å². The average molecular weight is 205 g/mol. The number of primary amides is 1. The van der Waals surface area contributed by atoms with Crippen molar-refractivity contribution in [3.05, 3.63) is 30.3 Å². The minimum Gasteiger partial charge on any atom is -0.350 e. The molecule has 1 heterocycles. The average Bonchev–Trinajstić information content (AvgIpc) is 2.62. The van der Waals surface area contributed by atoms with Gasteiger partial charge in [-0.1, -0.05) is 25.1 Å². The molecule has 0 saturated carbocycles. The summed E-state index contributed by atoms with van der Waals surface area (Å²) in [6, 6.07) is 9.44. The van der Waals surface area contributed by atoms with Crippen molar-refractivity contribution in [1.82, 2.24) is 5.01 Å². The van der Waals surface area contributed by atoms with Gasteiger partial charge in [-0.15, -0.1) is 0 Å². The molecule has 1 aromatic rings.